The Balaban J connectivity index is 1.40. The molecule has 0 spiro atoms. The van der Waals surface area contributed by atoms with Crippen LogP contribution in [0.4, 0.5) is 0 Å². The lowest BCUT2D eigenvalue weighted by molar-refractivity contribution is -0.0101. The largest absolute Gasteiger partial charge is 0.298 e. The predicted octanol–water partition coefficient (Wildman–Crippen LogP) is 6.43. The van der Waals surface area contributed by atoms with Crippen molar-refractivity contribution in [1.82, 2.24) is 4.90 Å². The molecule has 0 saturated heterocycles. The van der Waals surface area contributed by atoms with E-state index in [0.717, 1.165) is 35.5 Å². The molecule has 0 aliphatic heterocycles. The fraction of sp³-hybridized carbons (Fsp3) is 0.417. The molecule has 3 aliphatic rings. The van der Waals surface area contributed by atoms with Crippen LogP contribution >= 0.6 is 11.6 Å². The lowest BCUT2D eigenvalue weighted by atomic mass is 9.49. The SMILES string of the molecule is CN(CC1=CC[C@H]2C[C@@H]1C2(C)C)Cc1ccc(-c2ccccc2Cl)cc1. The topological polar surface area (TPSA) is 3.24 Å². The molecule has 1 fully saturated rings. The Morgan fingerprint density at radius 3 is 2.42 bits per heavy atom. The maximum atomic E-state index is 6.32. The van der Waals surface area contributed by atoms with E-state index >= 15 is 0 Å². The molecule has 0 unspecified atom stereocenters. The molecule has 0 radical (unpaired) electrons. The van der Waals surface area contributed by atoms with Gasteiger partial charge >= 0.3 is 0 Å². The molecular weight excluding hydrogens is 338 g/mol. The molecule has 5 rings (SSSR count). The van der Waals surface area contributed by atoms with E-state index in [1.807, 2.05) is 18.2 Å². The van der Waals surface area contributed by atoms with E-state index < -0.39 is 0 Å². The third-order valence-electron chi connectivity index (χ3n) is 6.63. The van der Waals surface area contributed by atoms with Gasteiger partial charge in [-0.3, -0.25) is 4.90 Å². The zero-order valence-electron chi connectivity index (χ0n) is 16.0. The van der Waals surface area contributed by atoms with Crippen molar-refractivity contribution >= 4 is 11.6 Å². The summed E-state index contributed by atoms with van der Waals surface area (Å²) in [4.78, 5) is 2.45. The van der Waals surface area contributed by atoms with Gasteiger partial charge in [0.25, 0.3) is 0 Å². The Labute approximate surface area is 162 Å². The van der Waals surface area contributed by atoms with E-state index in [4.69, 9.17) is 11.6 Å². The van der Waals surface area contributed by atoms with E-state index in [-0.39, 0.29) is 0 Å². The summed E-state index contributed by atoms with van der Waals surface area (Å²) in [6.45, 7) is 6.97. The van der Waals surface area contributed by atoms with Crippen LogP contribution in [0, 0.1) is 17.3 Å². The molecule has 2 atom stereocenters. The van der Waals surface area contributed by atoms with Crippen molar-refractivity contribution in [3.8, 4) is 11.1 Å². The number of allylic oxidation sites excluding steroid dienone is 1. The van der Waals surface area contributed by atoms with Gasteiger partial charge in [-0.2, -0.15) is 0 Å². The second-order valence-electron chi connectivity index (χ2n) is 8.67. The molecule has 2 aromatic carbocycles. The number of nitrogens with zero attached hydrogens (tertiary/aromatic N) is 1. The Bertz CT molecular complexity index is 818. The maximum absolute atomic E-state index is 6.32. The second kappa shape index (κ2) is 6.87. The molecule has 0 aromatic heterocycles. The van der Waals surface area contributed by atoms with E-state index in [9.17, 15) is 0 Å². The van der Waals surface area contributed by atoms with Crippen molar-refractivity contribution in [3.63, 3.8) is 0 Å². The van der Waals surface area contributed by atoms with Crippen molar-refractivity contribution in [3.05, 3.63) is 70.8 Å². The van der Waals surface area contributed by atoms with Crippen LogP contribution in [0.2, 0.25) is 5.02 Å². The molecular formula is C24H28ClN. The van der Waals surface area contributed by atoms with Gasteiger partial charge in [-0.15, -0.1) is 0 Å². The van der Waals surface area contributed by atoms with Gasteiger partial charge in [0.15, 0.2) is 0 Å². The number of rotatable bonds is 5. The average Bonchev–Trinajstić information content (AvgIpc) is 2.63. The molecule has 2 heteroatoms. The molecule has 0 heterocycles. The van der Waals surface area contributed by atoms with E-state index in [0.29, 0.717) is 5.41 Å². The zero-order chi connectivity index (χ0) is 18.3. The summed E-state index contributed by atoms with van der Waals surface area (Å²) in [7, 11) is 2.24. The van der Waals surface area contributed by atoms with Crippen LogP contribution < -0.4 is 0 Å². The van der Waals surface area contributed by atoms with Gasteiger partial charge < -0.3 is 0 Å². The Morgan fingerprint density at radius 1 is 1.04 bits per heavy atom. The van der Waals surface area contributed by atoms with Gasteiger partial charge in [-0.25, -0.2) is 0 Å². The molecule has 0 N–H and O–H groups in total. The summed E-state index contributed by atoms with van der Waals surface area (Å²) in [6.07, 6.45) is 5.19. The quantitative estimate of drug-likeness (QED) is 0.551. The monoisotopic (exact) mass is 365 g/mol. The molecule has 136 valence electrons. The number of hydrogen-bond acceptors (Lipinski definition) is 1. The first-order valence-electron chi connectivity index (χ1n) is 9.66. The van der Waals surface area contributed by atoms with Crippen molar-refractivity contribution < 1.29 is 0 Å². The molecule has 1 saturated carbocycles. The van der Waals surface area contributed by atoms with Gasteiger partial charge in [0.1, 0.15) is 0 Å². The third-order valence-corrected chi connectivity index (χ3v) is 6.96. The molecule has 1 nitrogen and oxygen atoms in total. The van der Waals surface area contributed by atoms with Gasteiger partial charge in [-0.1, -0.05) is 79.6 Å². The van der Waals surface area contributed by atoms with Crippen LogP contribution in [-0.4, -0.2) is 18.5 Å². The first kappa shape index (κ1) is 17.8. The van der Waals surface area contributed by atoms with Crippen LogP contribution in [0.5, 0.6) is 0 Å². The second-order valence-corrected chi connectivity index (χ2v) is 9.08. The first-order chi connectivity index (χ1) is 12.4. The van der Waals surface area contributed by atoms with Gasteiger partial charge in [0, 0.05) is 23.7 Å². The fourth-order valence-corrected chi connectivity index (χ4v) is 5.06. The number of benzene rings is 2. The van der Waals surface area contributed by atoms with Crippen LogP contribution in [0.1, 0.15) is 32.3 Å². The first-order valence-corrected chi connectivity index (χ1v) is 10.0. The Morgan fingerprint density at radius 2 is 1.77 bits per heavy atom. The van der Waals surface area contributed by atoms with Gasteiger partial charge in [0.2, 0.25) is 0 Å². The zero-order valence-corrected chi connectivity index (χ0v) is 16.8. The summed E-state index contributed by atoms with van der Waals surface area (Å²) >= 11 is 6.32. The van der Waals surface area contributed by atoms with Crippen molar-refractivity contribution in [2.45, 2.75) is 33.2 Å². The van der Waals surface area contributed by atoms with Gasteiger partial charge in [0.05, 0.1) is 0 Å². The summed E-state index contributed by atoms with van der Waals surface area (Å²) < 4.78 is 0. The minimum absolute atomic E-state index is 0.515. The van der Waals surface area contributed by atoms with Gasteiger partial charge in [-0.05, 0) is 54.3 Å². The van der Waals surface area contributed by atoms with E-state index in [2.05, 4.69) is 62.2 Å². The fourth-order valence-electron chi connectivity index (χ4n) is 4.82. The lowest BCUT2D eigenvalue weighted by Crippen LogP contribution is -2.49. The maximum Gasteiger partial charge on any atom is 0.0484 e. The minimum Gasteiger partial charge on any atom is -0.298 e. The number of fused-ring (bicyclic) bond motifs is 1. The Hall–Kier alpha value is -1.57. The predicted molar refractivity (Wildman–Crippen MR) is 111 cm³/mol. The number of likely N-dealkylation sites (N-methyl/N-ethyl adjacent to an activating group) is 1. The standard InChI is InChI=1S/C24H28ClN/c1-24(2)20-13-12-19(22(24)14-20)16-26(3)15-17-8-10-18(11-9-17)21-6-4-5-7-23(21)25/h4-12,20,22H,13-16H2,1-3H3/t20-,22-/m0/s1. The molecule has 0 amide bonds. The highest BCUT2D eigenvalue weighted by molar-refractivity contribution is 6.33. The number of halogens is 1. The highest BCUT2D eigenvalue weighted by Crippen LogP contribution is 2.59. The van der Waals surface area contributed by atoms with Crippen LogP contribution in [0.3, 0.4) is 0 Å². The highest BCUT2D eigenvalue weighted by Gasteiger charge is 2.50. The van der Waals surface area contributed by atoms with Crippen molar-refractivity contribution in [2.75, 3.05) is 13.6 Å². The summed E-state index contributed by atoms with van der Waals surface area (Å²) in [5.74, 6) is 1.71. The van der Waals surface area contributed by atoms with Crippen LogP contribution in [0.15, 0.2) is 60.2 Å². The van der Waals surface area contributed by atoms with E-state index in [1.165, 1.54) is 24.0 Å². The van der Waals surface area contributed by atoms with Crippen LogP contribution in [0.25, 0.3) is 11.1 Å². The molecule has 3 aliphatic carbocycles. The number of hydrogen-bond donors (Lipinski definition) is 0. The lowest BCUT2D eigenvalue weighted by Gasteiger charge is -2.57. The smallest absolute Gasteiger partial charge is 0.0484 e. The van der Waals surface area contributed by atoms with Crippen molar-refractivity contribution in [2.24, 2.45) is 17.3 Å². The van der Waals surface area contributed by atoms with Crippen molar-refractivity contribution in [1.29, 1.82) is 0 Å². The normalized spacial score (nSPS) is 23.5. The van der Waals surface area contributed by atoms with Crippen LogP contribution in [-0.2, 0) is 6.54 Å². The summed E-state index contributed by atoms with van der Waals surface area (Å²) in [5.41, 5.74) is 5.81. The minimum atomic E-state index is 0.515. The molecule has 2 aromatic rings. The average molecular weight is 366 g/mol. The molecule has 26 heavy (non-hydrogen) atoms. The summed E-state index contributed by atoms with van der Waals surface area (Å²) in [5, 5.41) is 0.808. The highest BCUT2D eigenvalue weighted by atomic mass is 35.5. The Kier molecular flexibility index (Phi) is 4.71. The van der Waals surface area contributed by atoms with E-state index in [1.54, 1.807) is 5.57 Å². The third kappa shape index (κ3) is 3.23. The molecule has 2 bridgehead atoms. The summed E-state index contributed by atoms with van der Waals surface area (Å²) in [6, 6.07) is 16.9.